The van der Waals surface area contributed by atoms with E-state index in [-0.39, 0.29) is 26.5 Å². The Bertz CT molecular complexity index is 967. The maximum absolute atomic E-state index is 11.1. The molecule has 3 aromatic rings. The van der Waals surface area contributed by atoms with E-state index < -0.39 is 0 Å². The number of hydrogen-bond acceptors (Lipinski definition) is 3. The normalized spacial score (nSPS) is 11.5. The van der Waals surface area contributed by atoms with Gasteiger partial charge in [0, 0.05) is 14.1 Å². The number of carbonyl (C=O) groups excluding carboxylic acids is 1. The number of amides is 1. The SMILES string of the molecule is C.C.Cc1ccc2c(c1)C(=O)N2C.Cc1ccc2c(c1)oc(=O)n2C. The first-order valence-corrected chi connectivity index (χ1v) is 7.33. The number of aromatic nitrogens is 1. The predicted molar refractivity (Wildman–Crippen MR) is 104 cm³/mol. The van der Waals surface area contributed by atoms with Gasteiger partial charge in [0.05, 0.1) is 16.8 Å². The fourth-order valence-corrected chi connectivity index (χ4v) is 2.59. The lowest BCUT2D eigenvalue weighted by Crippen LogP contribution is -2.36. The summed E-state index contributed by atoms with van der Waals surface area (Å²) in [5, 5.41) is 0. The second-order valence-corrected chi connectivity index (χ2v) is 5.78. The minimum atomic E-state index is -0.310. The molecule has 0 radical (unpaired) electrons. The maximum atomic E-state index is 11.1. The van der Waals surface area contributed by atoms with Gasteiger partial charge >= 0.3 is 5.76 Å². The number of benzene rings is 2. The first-order valence-electron chi connectivity index (χ1n) is 7.33. The van der Waals surface area contributed by atoms with Gasteiger partial charge in [-0.25, -0.2) is 4.79 Å². The van der Waals surface area contributed by atoms with Crippen molar-refractivity contribution in [1.29, 1.82) is 0 Å². The molecule has 0 spiro atoms. The summed E-state index contributed by atoms with van der Waals surface area (Å²) >= 11 is 0. The highest BCUT2D eigenvalue weighted by molar-refractivity contribution is 6.19. The van der Waals surface area contributed by atoms with Gasteiger partial charge in [-0.3, -0.25) is 9.36 Å². The molecule has 0 atom stereocenters. The van der Waals surface area contributed by atoms with E-state index in [9.17, 15) is 9.59 Å². The zero-order valence-electron chi connectivity index (χ0n) is 13.6. The molecule has 134 valence electrons. The van der Waals surface area contributed by atoms with Crippen LogP contribution in [-0.2, 0) is 7.05 Å². The first kappa shape index (κ1) is 20.2. The molecular weight excluding hydrogens is 316 g/mol. The summed E-state index contributed by atoms with van der Waals surface area (Å²) in [6, 6.07) is 11.6. The molecule has 0 aliphatic carbocycles. The molecule has 25 heavy (non-hydrogen) atoms. The van der Waals surface area contributed by atoms with Crippen LogP contribution in [0.15, 0.2) is 45.6 Å². The van der Waals surface area contributed by atoms with E-state index in [1.165, 1.54) is 4.57 Å². The van der Waals surface area contributed by atoms with Crippen LogP contribution in [0.4, 0.5) is 5.69 Å². The highest BCUT2D eigenvalue weighted by Gasteiger charge is 2.28. The summed E-state index contributed by atoms with van der Waals surface area (Å²) < 4.78 is 6.48. The molecule has 0 saturated heterocycles. The third kappa shape index (κ3) is 3.50. The summed E-state index contributed by atoms with van der Waals surface area (Å²) in [6.07, 6.45) is 0. The molecule has 5 heteroatoms. The highest BCUT2D eigenvalue weighted by Crippen LogP contribution is 2.31. The average molecular weight is 342 g/mol. The molecule has 0 bridgehead atoms. The lowest BCUT2D eigenvalue weighted by molar-refractivity contribution is 0.0973. The molecule has 1 amide bonds. The summed E-state index contributed by atoms with van der Waals surface area (Å²) in [7, 11) is 3.49. The van der Waals surface area contributed by atoms with Crippen LogP contribution in [-0.4, -0.2) is 17.5 Å². The second kappa shape index (κ2) is 7.38. The Morgan fingerprint density at radius 1 is 0.880 bits per heavy atom. The van der Waals surface area contributed by atoms with Crippen molar-refractivity contribution in [1.82, 2.24) is 4.57 Å². The quantitative estimate of drug-likeness (QED) is 0.612. The average Bonchev–Trinajstić information content (AvgIpc) is 2.81. The number of anilines is 1. The van der Waals surface area contributed by atoms with Crippen molar-refractivity contribution in [3.63, 3.8) is 0 Å². The Kier molecular flexibility index (Phi) is 5.97. The van der Waals surface area contributed by atoms with Crippen molar-refractivity contribution in [2.45, 2.75) is 28.7 Å². The van der Waals surface area contributed by atoms with Crippen LogP contribution in [0.5, 0.6) is 0 Å². The smallest absolute Gasteiger partial charge is 0.408 e. The standard InChI is InChI=1S/C9H9NO2.C9H9NO.2CH4/c1-6-3-4-7-8(5-6)12-9(11)10(7)2;1-6-3-4-8-7(5-6)9(11)10(8)2;;/h3-5H,1-2H3;3-5H,1-2H3;2*1H4. The van der Waals surface area contributed by atoms with E-state index in [4.69, 9.17) is 4.42 Å². The van der Waals surface area contributed by atoms with Crippen molar-refractivity contribution in [2.75, 3.05) is 11.9 Å². The van der Waals surface area contributed by atoms with E-state index in [0.29, 0.717) is 5.58 Å². The third-order valence-corrected chi connectivity index (χ3v) is 4.00. The predicted octanol–water partition coefficient (Wildman–Crippen LogP) is 4.30. The van der Waals surface area contributed by atoms with Gasteiger partial charge in [0.2, 0.25) is 0 Å². The number of fused-ring (bicyclic) bond motifs is 2. The van der Waals surface area contributed by atoms with Crippen LogP contribution in [0.1, 0.15) is 36.3 Å². The Morgan fingerprint density at radius 2 is 1.48 bits per heavy atom. The molecule has 2 heterocycles. The van der Waals surface area contributed by atoms with Crippen LogP contribution >= 0.6 is 0 Å². The number of rotatable bonds is 0. The number of carbonyl (C=O) groups is 1. The van der Waals surface area contributed by atoms with Gasteiger partial charge in [-0.15, -0.1) is 0 Å². The van der Waals surface area contributed by atoms with E-state index in [1.807, 2.05) is 50.2 Å². The number of aryl methyl sites for hydroxylation is 3. The van der Waals surface area contributed by atoms with Crippen molar-refractivity contribution in [3.05, 3.63) is 63.6 Å². The number of nitrogens with zero attached hydrogens (tertiary/aromatic N) is 2. The van der Waals surface area contributed by atoms with Gasteiger partial charge in [0.15, 0.2) is 5.58 Å². The molecule has 5 nitrogen and oxygen atoms in total. The van der Waals surface area contributed by atoms with E-state index >= 15 is 0 Å². The zero-order valence-corrected chi connectivity index (χ0v) is 13.6. The molecule has 0 saturated carbocycles. The maximum Gasteiger partial charge on any atom is 0.419 e. The van der Waals surface area contributed by atoms with Crippen molar-refractivity contribution in [2.24, 2.45) is 7.05 Å². The molecule has 1 aliphatic heterocycles. The topological polar surface area (TPSA) is 55.5 Å². The molecule has 0 fully saturated rings. The fourth-order valence-electron chi connectivity index (χ4n) is 2.59. The third-order valence-electron chi connectivity index (χ3n) is 4.00. The molecule has 4 rings (SSSR count). The van der Waals surface area contributed by atoms with Gasteiger partial charge in [-0.2, -0.15) is 0 Å². The van der Waals surface area contributed by atoms with Gasteiger partial charge in [0.25, 0.3) is 5.91 Å². The second-order valence-electron chi connectivity index (χ2n) is 5.78. The van der Waals surface area contributed by atoms with E-state index in [2.05, 4.69) is 0 Å². The lowest BCUT2D eigenvalue weighted by atomic mass is 10.0. The molecule has 1 aliphatic rings. The number of hydrogen-bond donors (Lipinski definition) is 0. The highest BCUT2D eigenvalue weighted by atomic mass is 16.4. The van der Waals surface area contributed by atoms with E-state index in [0.717, 1.165) is 27.9 Å². The molecule has 2 aromatic carbocycles. The largest absolute Gasteiger partial charge is 0.419 e. The van der Waals surface area contributed by atoms with Crippen molar-refractivity contribution < 1.29 is 9.21 Å². The minimum Gasteiger partial charge on any atom is -0.408 e. The van der Waals surface area contributed by atoms with E-state index in [1.54, 1.807) is 19.0 Å². The Hall–Kier alpha value is -2.82. The number of oxazole rings is 1. The zero-order chi connectivity index (χ0) is 16.7. The van der Waals surface area contributed by atoms with Crippen LogP contribution < -0.4 is 10.7 Å². The van der Waals surface area contributed by atoms with Crippen molar-refractivity contribution in [3.8, 4) is 0 Å². The van der Waals surface area contributed by atoms with Gasteiger partial charge < -0.3 is 9.32 Å². The van der Waals surface area contributed by atoms with Crippen LogP contribution in [0.2, 0.25) is 0 Å². The van der Waals surface area contributed by atoms with Gasteiger partial charge in [-0.05, 0) is 43.7 Å². The van der Waals surface area contributed by atoms with Crippen LogP contribution in [0, 0.1) is 13.8 Å². The monoisotopic (exact) mass is 342 g/mol. The molecule has 1 aromatic heterocycles. The minimum absolute atomic E-state index is 0. The summed E-state index contributed by atoms with van der Waals surface area (Å²) in [6.45, 7) is 3.96. The lowest BCUT2D eigenvalue weighted by Gasteiger charge is -2.29. The van der Waals surface area contributed by atoms with Crippen molar-refractivity contribution >= 4 is 22.7 Å². The Labute approximate surface area is 148 Å². The summed E-state index contributed by atoms with van der Waals surface area (Å²) in [4.78, 5) is 23.8. The molecule has 0 unspecified atom stereocenters. The summed E-state index contributed by atoms with van der Waals surface area (Å²) in [5.74, 6) is -0.181. The Morgan fingerprint density at radius 3 is 2.16 bits per heavy atom. The summed E-state index contributed by atoms with van der Waals surface area (Å²) in [5.41, 5.74) is 5.63. The van der Waals surface area contributed by atoms with Gasteiger partial charge in [-0.1, -0.05) is 32.5 Å². The Balaban J connectivity index is 0.000000232. The fraction of sp³-hybridized carbons (Fsp3) is 0.300. The first-order chi connectivity index (χ1) is 10.9. The van der Waals surface area contributed by atoms with Crippen LogP contribution in [0.25, 0.3) is 11.1 Å². The van der Waals surface area contributed by atoms with Gasteiger partial charge in [0.1, 0.15) is 0 Å². The molecular formula is C20H26N2O3. The molecule has 0 N–H and O–H groups in total. The van der Waals surface area contributed by atoms with Crippen LogP contribution in [0.3, 0.4) is 0 Å².